The van der Waals surface area contributed by atoms with Gasteiger partial charge in [-0.1, -0.05) is 0 Å². The van der Waals surface area contributed by atoms with Gasteiger partial charge < -0.3 is 23.9 Å². The van der Waals surface area contributed by atoms with E-state index in [9.17, 15) is 5.11 Å². The lowest BCUT2D eigenvalue weighted by Crippen LogP contribution is -2.31. The van der Waals surface area contributed by atoms with Crippen molar-refractivity contribution in [3.8, 4) is 5.82 Å². The highest BCUT2D eigenvalue weighted by Crippen LogP contribution is 2.43. The largest absolute Gasteiger partial charge is 0.394 e. The molecule has 0 radical (unpaired) electrons. The summed E-state index contributed by atoms with van der Waals surface area (Å²) in [4.78, 5) is 13.5. The second-order valence-electron chi connectivity index (χ2n) is 7.79. The standard InChI is InChI=1S/C19H23N5O4/c1-10-5-6-11(2)24(10)17-13-16(20-8-21-17)23(9-22-13)18-15-14(12(7-25)26-18)27-19(3,4)28-15/h5-6,8-9,12,14-15,18,25H,7H2,1-4H3/t12-,14-,15-,18-/m1/s1. The van der Waals surface area contributed by atoms with Crippen LogP contribution in [0.25, 0.3) is 17.0 Å². The van der Waals surface area contributed by atoms with Gasteiger partial charge in [-0.2, -0.15) is 0 Å². The summed E-state index contributed by atoms with van der Waals surface area (Å²) in [6.45, 7) is 7.63. The smallest absolute Gasteiger partial charge is 0.168 e. The maximum atomic E-state index is 9.73. The van der Waals surface area contributed by atoms with Gasteiger partial charge in [-0.3, -0.25) is 4.57 Å². The van der Waals surface area contributed by atoms with Gasteiger partial charge in [0.2, 0.25) is 0 Å². The summed E-state index contributed by atoms with van der Waals surface area (Å²) in [6, 6.07) is 4.09. The number of imidazole rings is 1. The van der Waals surface area contributed by atoms with E-state index in [4.69, 9.17) is 14.2 Å². The molecule has 5 rings (SSSR count). The fraction of sp³-hybridized carbons (Fsp3) is 0.526. The fourth-order valence-corrected chi connectivity index (χ4v) is 4.22. The first-order valence-electron chi connectivity index (χ1n) is 9.34. The van der Waals surface area contributed by atoms with Gasteiger partial charge in [0.15, 0.2) is 29.0 Å². The van der Waals surface area contributed by atoms with E-state index in [2.05, 4.69) is 19.5 Å². The van der Waals surface area contributed by atoms with E-state index >= 15 is 0 Å². The summed E-state index contributed by atoms with van der Waals surface area (Å²) in [5.41, 5.74) is 3.46. The van der Waals surface area contributed by atoms with Crippen LogP contribution < -0.4 is 0 Å². The van der Waals surface area contributed by atoms with Crippen molar-refractivity contribution in [1.82, 2.24) is 24.1 Å². The SMILES string of the molecule is Cc1ccc(C)n1-c1ncnc2c1ncn2[C@@H]1O[C@H](CO)[C@H]2OC(C)(C)O[C@H]21. The second kappa shape index (κ2) is 6.08. The highest BCUT2D eigenvalue weighted by Gasteiger charge is 2.56. The number of rotatable bonds is 3. The topological polar surface area (TPSA) is 96.5 Å². The van der Waals surface area contributed by atoms with Crippen LogP contribution >= 0.6 is 0 Å². The Bertz CT molecular complexity index is 1020. The molecule has 0 unspecified atom stereocenters. The minimum absolute atomic E-state index is 0.147. The highest BCUT2D eigenvalue weighted by molar-refractivity contribution is 5.78. The molecule has 2 aliphatic rings. The van der Waals surface area contributed by atoms with Crippen LogP contribution in [0.15, 0.2) is 24.8 Å². The third kappa shape index (κ3) is 2.51. The first kappa shape index (κ1) is 17.7. The van der Waals surface area contributed by atoms with Gasteiger partial charge in [0.05, 0.1) is 12.9 Å². The van der Waals surface area contributed by atoms with Crippen LogP contribution in [0.4, 0.5) is 0 Å². The third-order valence-corrected chi connectivity index (χ3v) is 5.40. The van der Waals surface area contributed by atoms with E-state index in [1.807, 2.05) is 44.4 Å². The lowest BCUT2D eigenvalue weighted by atomic mass is 10.1. The molecule has 3 aromatic heterocycles. The number of aliphatic hydroxyl groups excluding tert-OH is 1. The minimum Gasteiger partial charge on any atom is -0.394 e. The Morgan fingerprint density at radius 3 is 2.50 bits per heavy atom. The molecule has 1 N–H and O–H groups in total. The van der Waals surface area contributed by atoms with Crippen LogP contribution in [0.3, 0.4) is 0 Å². The maximum Gasteiger partial charge on any atom is 0.168 e. The van der Waals surface area contributed by atoms with E-state index in [0.717, 1.165) is 17.2 Å². The zero-order valence-corrected chi connectivity index (χ0v) is 16.2. The molecule has 0 bridgehead atoms. The number of aryl methyl sites for hydroxylation is 2. The molecule has 148 valence electrons. The van der Waals surface area contributed by atoms with E-state index in [1.165, 1.54) is 6.33 Å². The molecule has 4 atom stereocenters. The Labute approximate surface area is 161 Å². The molecule has 2 saturated heterocycles. The summed E-state index contributed by atoms with van der Waals surface area (Å²) < 4.78 is 22.0. The molecule has 5 heterocycles. The Kier molecular flexibility index (Phi) is 3.86. The Balaban J connectivity index is 1.61. The van der Waals surface area contributed by atoms with Gasteiger partial charge in [0.25, 0.3) is 0 Å². The first-order chi connectivity index (χ1) is 13.4. The van der Waals surface area contributed by atoms with Gasteiger partial charge >= 0.3 is 0 Å². The van der Waals surface area contributed by atoms with E-state index < -0.39 is 18.1 Å². The third-order valence-electron chi connectivity index (χ3n) is 5.40. The normalized spacial score (nSPS) is 28.9. The number of aromatic nitrogens is 5. The minimum atomic E-state index is -0.735. The van der Waals surface area contributed by atoms with Crippen LogP contribution in [-0.4, -0.2) is 59.9 Å². The molecule has 0 saturated carbocycles. The predicted molar refractivity (Wildman–Crippen MR) is 98.9 cm³/mol. The average molecular weight is 385 g/mol. The van der Waals surface area contributed by atoms with Crippen molar-refractivity contribution in [2.75, 3.05) is 6.61 Å². The summed E-state index contributed by atoms with van der Waals surface area (Å²) >= 11 is 0. The van der Waals surface area contributed by atoms with Crippen LogP contribution in [0.1, 0.15) is 31.5 Å². The van der Waals surface area contributed by atoms with Gasteiger partial charge in [-0.25, -0.2) is 15.0 Å². The first-order valence-corrected chi connectivity index (χ1v) is 9.34. The highest BCUT2D eigenvalue weighted by atomic mass is 16.8. The van der Waals surface area contributed by atoms with Crippen LogP contribution in [0.5, 0.6) is 0 Å². The van der Waals surface area contributed by atoms with E-state index in [0.29, 0.717) is 11.2 Å². The van der Waals surface area contributed by atoms with Gasteiger partial charge in [0, 0.05) is 11.4 Å². The van der Waals surface area contributed by atoms with Gasteiger partial charge in [-0.15, -0.1) is 0 Å². The molecule has 28 heavy (non-hydrogen) atoms. The second-order valence-corrected chi connectivity index (χ2v) is 7.79. The molecule has 9 heteroatoms. The summed E-state index contributed by atoms with van der Waals surface area (Å²) in [5, 5.41) is 9.73. The quantitative estimate of drug-likeness (QED) is 0.732. The van der Waals surface area contributed by atoms with E-state index in [-0.39, 0.29) is 18.8 Å². The summed E-state index contributed by atoms with van der Waals surface area (Å²) in [6.07, 6.45) is 1.54. The lowest BCUT2D eigenvalue weighted by Gasteiger charge is -2.24. The Morgan fingerprint density at radius 2 is 1.79 bits per heavy atom. The molecule has 0 amide bonds. The molecule has 9 nitrogen and oxygen atoms in total. The van der Waals surface area contributed by atoms with E-state index in [1.54, 1.807) is 6.33 Å². The Hall–Kier alpha value is -2.33. The molecular weight excluding hydrogens is 362 g/mol. The van der Waals surface area contributed by atoms with Crippen molar-refractivity contribution < 1.29 is 19.3 Å². The molecule has 0 spiro atoms. The molecule has 2 aliphatic heterocycles. The Morgan fingerprint density at radius 1 is 1.07 bits per heavy atom. The average Bonchev–Trinajstić information content (AvgIpc) is 3.37. The van der Waals surface area contributed by atoms with Crippen LogP contribution in [0.2, 0.25) is 0 Å². The summed E-state index contributed by atoms with van der Waals surface area (Å²) in [5.74, 6) is -0.0124. The van der Waals surface area contributed by atoms with Gasteiger partial charge in [0.1, 0.15) is 24.6 Å². The molecule has 3 aromatic rings. The predicted octanol–water partition coefficient (Wildman–Crippen LogP) is 1.64. The number of fused-ring (bicyclic) bond motifs is 2. The number of aliphatic hydroxyl groups is 1. The number of nitrogens with zero attached hydrogens (tertiary/aromatic N) is 5. The fourth-order valence-electron chi connectivity index (χ4n) is 4.22. The van der Waals surface area contributed by atoms with Gasteiger partial charge in [-0.05, 0) is 39.8 Å². The van der Waals surface area contributed by atoms with Crippen molar-refractivity contribution in [3.63, 3.8) is 0 Å². The van der Waals surface area contributed by atoms with Crippen LogP contribution in [-0.2, 0) is 14.2 Å². The maximum absolute atomic E-state index is 9.73. The van der Waals surface area contributed by atoms with Crippen molar-refractivity contribution in [1.29, 1.82) is 0 Å². The lowest BCUT2D eigenvalue weighted by molar-refractivity contribution is -0.199. The van der Waals surface area contributed by atoms with Crippen molar-refractivity contribution in [3.05, 3.63) is 36.2 Å². The zero-order valence-electron chi connectivity index (χ0n) is 16.2. The van der Waals surface area contributed by atoms with Crippen molar-refractivity contribution in [2.24, 2.45) is 0 Å². The summed E-state index contributed by atoms with van der Waals surface area (Å²) in [7, 11) is 0. The molecule has 0 aromatic carbocycles. The monoisotopic (exact) mass is 385 g/mol. The van der Waals surface area contributed by atoms with Crippen molar-refractivity contribution >= 4 is 11.2 Å². The number of hydrogen-bond acceptors (Lipinski definition) is 7. The van der Waals surface area contributed by atoms with Crippen LogP contribution in [0, 0.1) is 13.8 Å². The molecule has 0 aliphatic carbocycles. The molecular formula is C19H23N5O4. The van der Waals surface area contributed by atoms with Crippen molar-refractivity contribution in [2.45, 2.75) is 58.0 Å². The number of hydrogen-bond donors (Lipinski definition) is 1. The zero-order chi connectivity index (χ0) is 19.6. The molecule has 2 fully saturated rings. The number of ether oxygens (including phenoxy) is 3.